The van der Waals surface area contributed by atoms with Gasteiger partial charge in [-0.05, 0) is 36.4 Å². The number of nitrogens with one attached hydrogen (secondary N) is 2. The second-order valence-electron chi connectivity index (χ2n) is 7.67. The third kappa shape index (κ3) is 7.53. The van der Waals surface area contributed by atoms with Gasteiger partial charge in [-0.1, -0.05) is 0 Å². The summed E-state index contributed by atoms with van der Waals surface area (Å²) in [5.41, 5.74) is 8.68. The molecule has 0 atom stereocenters. The van der Waals surface area contributed by atoms with E-state index < -0.39 is 4.92 Å². The minimum Gasteiger partial charge on any atom is -0.457 e. The van der Waals surface area contributed by atoms with E-state index in [1.54, 1.807) is 55.7 Å². The van der Waals surface area contributed by atoms with E-state index in [2.05, 4.69) is 20.6 Å². The number of nitrogen functional groups attached to an aromatic ring is 1. The van der Waals surface area contributed by atoms with Crippen molar-refractivity contribution in [2.75, 3.05) is 30.5 Å². The van der Waals surface area contributed by atoms with Crippen LogP contribution in [0.5, 0.6) is 23.0 Å². The van der Waals surface area contributed by atoms with Crippen LogP contribution in [0, 0.1) is 10.1 Å². The molecule has 0 bridgehead atoms. The number of rotatable bonds is 9. The number of nitro benzene ring substituents is 1. The topological polar surface area (TPSA) is 178 Å². The van der Waals surface area contributed by atoms with Crippen LogP contribution >= 0.6 is 0 Å². The van der Waals surface area contributed by atoms with E-state index in [-0.39, 0.29) is 18.9 Å². The Morgan fingerprint density at radius 2 is 1.26 bits per heavy atom. The van der Waals surface area contributed by atoms with E-state index >= 15 is 0 Å². The standard InChI is InChI=1S/C13H13N3O4.C13H15N3O2/c1-14-12-3-2-10(7-13(12)16(18)19)20-11-4-5-15-9(6-11)8-17;1-15-13-3-2-10(7-12(13)14)18-11-4-5-16-9(6-11)8-17/h2-7,14,17H,8H2,1H3;2-7,15,17H,8,14H2,1H3. The fourth-order valence-electron chi connectivity index (χ4n) is 3.25. The number of hydrogen-bond donors (Lipinski definition) is 5. The van der Waals surface area contributed by atoms with E-state index in [1.807, 2.05) is 19.2 Å². The first-order valence-electron chi connectivity index (χ1n) is 11.4. The zero-order chi connectivity index (χ0) is 27.5. The molecule has 2 aromatic heterocycles. The van der Waals surface area contributed by atoms with Gasteiger partial charge in [0.05, 0.1) is 47.0 Å². The van der Waals surface area contributed by atoms with Crippen molar-refractivity contribution in [1.29, 1.82) is 0 Å². The van der Waals surface area contributed by atoms with Gasteiger partial charge in [0.2, 0.25) is 0 Å². The number of aliphatic hydroxyl groups is 2. The van der Waals surface area contributed by atoms with Gasteiger partial charge in [-0.15, -0.1) is 0 Å². The van der Waals surface area contributed by atoms with Crippen LogP contribution < -0.4 is 25.8 Å². The predicted octanol–water partition coefficient (Wildman–Crippen LogP) is 4.31. The maximum atomic E-state index is 11.0. The monoisotopic (exact) mass is 520 g/mol. The highest BCUT2D eigenvalue weighted by molar-refractivity contribution is 5.68. The largest absolute Gasteiger partial charge is 0.457 e. The van der Waals surface area contributed by atoms with Crippen molar-refractivity contribution in [2.24, 2.45) is 0 Å². The van der Waals surface area contributed by atoms with Gasteiger partial charge in [0, 0.05) is 44.7 Å². The van der Waals surface area contributed by atoms with Gasteiger partial charge in [-0.2, -0.15) is 0 Å². The molecule has 2 aromatic carbocycles. The number of benzene rings is 2. The van der Waals surface area contributed by atoms with Crippen LogP contribution in [0.3, 0.4) is 0 Å². The van der Waals surface area contributed by atoms with Crippen LogP contribution in [0.4, 0.5) is 22.7 Å². The molecule has 0 aliphatic heterocycles. The van der Waals surface area contributed by atoms with Crippen LogP contribution in [-0.2, 0) is 13.2 Å². The molecule has 4 rings (SSSR count). The van der Waals surface area contributed by atoms with Gasteiger partial charge < -0.3 is 36.1 Å². The minimum absolute atomic E-state index is 0.0681. The Balaban J connectivity index is 0.000000212. The molecule has 0 spiro atoms. The molecule has 0 aliphatic carbocycles. The first-order valence-corrected chi connectivity index (χ1v) is 11.4. The Morgan fingerprint density at radius 3 is 1.71 bits per heavy atom. The Hall–Kier alpha value is -4.94. The quantitative estimate of drug-likeness (QED) is 0.121. The van der Waals surface area contributed by atoms with Gasteiger partial charge in [-0.25, -0.2) is 0 Å². The summed E-state index contributed by atoms with van der Waals surface area (Å²) in [7, 11) is 3.42. The lowest BCUT2D eigenvalue weighted by Gasteiger charge is -2.09. The summed E-state index contributed by atoms with van der Waals surface area (Å²) in [6.45, 7) is -0.311. The normalized spacial score (nSPS) is 10.1. The number of pyridine rings is 2. The molecular weight excluding hydrogens is 492 g/mol. The Morgan fingerprint density at radius 1 is 0.789 bits per heavy atom. The molecule has 0 saturated heterocycles. The molecule has 0 unspecified atom stereocenters. The summed E-state index contributed by atoms with van der Waals surface area (Å²) in [5, 5.41) is 34.7. The predicted molar refractivity (Wildman–Crippen MR) is 144 cm³/mol. The van der Waals surface area contributed by atoms with Crippen LogP contribution in [0.2, 0.25) is 0 Å². The van der Waals surface area contributed by atoms with Crippen molar-refractivity contribution in [3.05, 3.63) is 94.6 Å². The van der Waals surface area contributed by atoms with E-state index in [0.29, 0.717) is 45.8 Å². The van der Waals surface area contributed by atoms with Crippen molar-refractivity contribution in [3.8, 4) is 23.0 Å². The number of aliphatic hydroxyl groups excluding tert-OH is 2. The summed E-state index contributed by atoms with van der Waals surface area (Å²) < 4.78 is 11.2. The maximum Gasteiger partial charge on any atom is 0.296 e. The summed E-state index contributed by atoms with van der Waals surface area (Å²) in [4.78, 5) is 18.4. The SMILES string of the molecule is CNc1ccc(Oc2ccnc(CO)c2)cc1N.CNc1ccc(Oc2ccnc(CO)c2)cc1[N+](=O)[O-]. The first-order chi connectivity index (χ1) is 18.4. The number of nitro groups is 1. The molecule has 0 radical (unpaired) electrons. The molecule has 12 heteroatoms. The van der Waals surface area contributed by atoms with E-state index in [4.69, 9.17) is 25.4 Å². The third-order valence-electron chi connectivity index (χ3n) is 5.10. The molecule has 12 nitrogen and oxygen atoms in total. The smallest absolute Gasteiger partial charge is 0.296 e. The fourth-order valence-corrected chi connectivity index (χ4v) is 3.25. The number of hydrogen-bond acceptors (Lipinski definition) is 11. The average Bonchev–Trinajstić information content (AvgIpc) is 2.93. The van der Waals surface area contributed by atoms with Crippen LogP contribution in [0.15, 0.2) is 73.1 Å². The number of aromatic nitrogens is 2. The summed E-state index contributed by atoms with van der Waals surface area (Å²) in [6.07, 6.45) is 3.09. The van der Waals surface area contributed by atoms with Crippen molar-refractivity contribution < 1.29 is 24.6 Å². The molecule has 0 fully saturated rings. The number of anilines is 3. The molecule has 2 heterocycles. The molecule has 6 N–H and O–H groups in total. The summed E-state index contributed by atoms with van der Waals surface area (Å²) in [6, 6.07) is 16.5. The second-order valence-corrected chi connectivity index (χ2v) is 7.67. The van der Waals surface area contributed by atoms with Gasteiger partial charge in [0.1, 0.15) is 28.7 Å². The van der Waals surface area contributed by atoms with Crippen LogP contribution in [0.1, 0.15) is 11.4 Å². The zero-order valence-electron chi connectivity index (χ0n) is 20.8. The summed E-state index contributed by atoms with van der Waals surface area (Å²) in [5.74, 6) is 2.05. The lowest BCUT2D eigenvalue weighted by atomic mass is 10.2. The Kier molecular flexibility index (Phi) is 9.74. The molecule has 38 heavy (non-hydrogen) atoms. The lowest BCUT2D eigenvalue weighted by molar-refractivity contribution is -0.384. The fraction of sp³-hybridized carbons (Fsp3) is 0.154. The number of ether oxygens (including phenoxy) is 2. The molecule has 198 valence electrons. The number of nitrogens with two attached hydrogens (primary N) is 1. The van der Waals surface area contributed by atoms with Crippen molar-refractivity contribution in [3.63, 3.8) is 0 Å². The maximum absolute atomic E-state index is 11.0. The highest BCUT2D eigenvalue weighted by atomic mass is 16.6. The van der Waals surface area contributed by atoms with Crippen LogP contribution in [-0.4, -0.2) is 39.2 Å². The molecule has 0 aliphatic rings. The highest BCUT2D eigenvalue weighted by Gasteiger charge is 2.14. The molecular formula is C26H28N6O6. The molecule has 0 saturated carbocycles. The van der Waals surface area contributed by atoms with Crippen molar-refractivity contribution in [1.82, 2.24) is 9.97 Å². The minimum atomic E-state index is -0.482. The number of nitrogens with zero attached hydrogens (tertiary/aromatic N) is 3. The first kappa shape index (κ1) is 27.6. The zero-order valence-corrected chi connectivity index (χ0v) is 20.8. The average molecular weight is 521 g/mol. The highest BCUT2D eigenvalue weighted by Crippen LogP contribution is 2.31. The third-order valence-corrected chi connectivity index (χ3v) is 5.10. The summed E-state index contributed by atoms with van der Waals surface area (Å²) >= 11 is 0. The van der Waals surface area contributed by atoms with Crippen molar-refractivity contribution in [2.45, 2.75) is 13.2 Å². The van der Waals surface area contributed by atoms with Gasteiger partial charge >= 0.3 is 0 Å². The van der Waals surface area contributed by atoms with E-state index in [0.717, 1.165) is 5.69 Å². The van der Waals surface area contributed by atoms with Gasteiger partial charge in [0.25, 0.3) is 5.69 Å². The van der Waals surface area contributed by atoms with Gasteiger partial charge in [0.15, 0.2) is 0 Å². The molecule has 4 aromatic rings. The Labute approximate surface area is 218 Å². The Bertz CT molecular complexity index is 1380. The van der Waals surface area contributed by atoms with E-state index in [9.17, 15) is 10.1 Å². The molecule has 0 amide bonds. The van der Waals surface area contributed by atoms with Crippen LogP contribution in [0.25, 0.3) is 0 Å². The van der Waals surface area contributed by atoms with E-state index in [1.165, 1.54) is 12.3 Å². The second kappa shape index (κ2) is 13.4. The van der Waals surface area contributed by atoms with Gasteiger partial charge in [-0.3, -0.25) is 20.1 Å². The van der Waals surface area contributed by atoms with Crippen molar-refractivity contribution >= 4 is 22.7 Å². The lowest BCUT2D eigenvalue weighted by Crippen LogP contribution is -1.97.